The third-order valence-electron chi connectivity index (χ3n) is 2.26. The summed E-state index contributed by atoms with van der Waals surface area (Å²) in [7, 11) is 0. The van der Waals surface area contributed by atoms with E-state index in [-0.39, 0.29) is 12.1 Å². The van der Waals surface area contributed by atoms with Gasteiger partial charge in [-0.15, -0.1) is 0 Å². The van der Waals surface area contributed by atoms with Crippen LogP contribution in [0.15, 0.2) is 0 Å². The van der Waals surface area contributed by atoms with Crippen LogP contribution in [0, 0.1) is 0 Å². The molecular formula is C8H17NO2. The van der Waals surface area contributed by atoms with E-state index in [4.69, 9.17) is 9.84 Å². The summed E-state index contributed by atoms with van der Waals surface area (Å²) >= 11 is 0. The zero-order valence-corrected chi connectivity index (χ0v) is 7.10. The van der Waals surface area contributed by atoms with Gasteiger partial charge in [0.05, 0.1) is 6.61 Å². The zero-order chi connectivity index (χ0) is 8.16. The number of aliphatic hydroxyl groups excluding tert-OH is 1. The summed E-state index contributed by atoms with van der Waals surface area (Å²) in [5.74, 6) is 0. The van der Waals surface area contributed by atoms with E-state index in [1.165, 1.54) is 0 Å². The van der Waals surface area contributed by atoms with Crippen molar-refractivity contribution in [2.45, 2.75) is 25.3 Å². The molecule has 1 saturated heterocycles. The first kappa shape index (κ1) is 8.97. The molecule has 66 valence electrons. The molecule has 1 aliphatic rings. The summed E-state index contributed by atoms with van der Waals surface area (Å²) in [5.41, 5.74) is 0.195. The van der Waals surface area contributed by atoms with Crippen LogP contribution in [0.3, 0.4) is 0 Å². The van der Waals surface area contributed by atoms with Crippen LogP contribution in [-0.4, -0.2) is 37.0 Å². The molecule has 1 heterocycles. The first-order chi connectivity index (χ1) is 5.27. The van der Waals surface area contributed by atoms with Crippen molar-refractivity contribution in [3.8, 4) is 0 Å². The van der Waals surface area contributed by atoms with Gasteiger partial charge in [0.25, 0.3) is 0 Å². The largest absolute Gasteiger partial charge is 0.395 e. The van der Waals surface area contributed by atoms with Crippen LogP contribution >= 0.6 is 0 Å². The van der Waals surface area contributed by atoms with Crippen LogP contribution in [0.1, 0.15) is 19.8 Å². The Morgan fingerprint density at radius 1 is 1.45 bits per heavy atom. The van der Waals surface area contributed by atoms with Crippen molar-refractivity contribution in [1.29, 1.82) is 0 Å². The van der Waals surface area contributed by atoms with Gasteiger partial charge < -0.3 is 15.2 Å². The maximum atomic E-state index is 8.62. The van der Waals surface area contributed by atoms with E-state index in [0.29, 0.717) is 6.54 Å². The molecule has 0 saturated carbocycles. The highest BCUT2D eigenvalue weighted by Crippen LogP contribution is 2.18. The highest BCUT2D eigenvalue weighted by atomic mass is 16.5. The molecule has 1 rings (SSSR count). The van der Waals surface area contributed by atoms with E-state index in [0.717, 1.165) is 26.1 Å². The van der Waals surface area contributed by atoms with Gasteiger partial charge in [-0.25, -0.2) is 0 Å². The predicted octanol–water partition coefficient (Wildman–Crippen LogP) is 0.137. The molecule has 0 bridgehead atoms. The topological polar surface area (TPSA) is 41.5 Å². The fraction of sp³-hybridized carbons (Fsp3) is 1.00. The third-order valence-corrected chi connectivity index (χ3v) is 2.26. The Balaban J connectivity index is 2.25. The lowest BCUT2D eigenvalue weighted by molar-refractivity contribution is 0.0436. The molecule has 0 aromatic rings. The van der Waals surface area contributed by atoms with Gasteiger partial charge in [0, 0.05) is 25.3 Å². The van der Waals surface area contributed by atoms with Crippen molar-refractivity contribution >= 4 is 0 Å². The molecule has 0 spiro atoms. The van der Waals surface area contributed by atoms with Gasteiger partial charge in [-0.05, 0) is 19.8 Å². The summed E-state index contributed by atoms with van der Waals surface area (Å²) < 4.78 is 5.24. The summed E-state index contributed by atoms with van der Waals surface area (Å²) in [6.45, 7) is 4.78. The maximum absolute atomic E-state index is 8.62. The average molecular weight is 159 g/mol. The first-order valence-electron chi connectivity index (χ1n) is 4.20. The molecule has 0 atom stereocenters. The van der Waals surface area contributed by atoms with Gasteiger partial charge >= 0.3 is 0 Å². The number of aliphatic hydroxyl groups is 1. The van der Waals surface area contributed by atoms with Crippen molar-refractivity contribution in [3.63, 3.8) is 0 Å². The van der Waals surface area contributed by atoms with Gasteiger partial charge in [-0.3, -0.25) is 0 Å². The van der Waals surface area contributed by atoms with Crippen molar-refractivity contribution < 1.29 is 9.84 Å². The quantitative estimate of drug-likeness (QED) is 0.615. The summed E-state index contributed by atoms with van der Waals surface area (Å²) in [4.78, 5) is 0. The van der Waals surface area contributed by atoms with Gasteiger partial charge in [-0.2, -0.15) is 0 Å². The number of nitrogens with one attached hydrogen (secondary N) is 1. The van der Waals surface area contributed by atoms with Gasteiger partial charge in [0.2, 0.25) is 0 Å². The van der Waals surface area contributed by atoms with Crippen LogP contribution in [0.25, 0.3) is 0 Å². The Kier molecular flexibility index (Phi) is 3.30. The molecule has 1 aliphatic heterocycles. The van der Waals surface area contributed by atoms with Crippen molar-refractivity contribution in [1.82, 2.24) is 5.32 Å². The summed E-state index contributed by atoms with van der Waals surface area (Å²) in [6.07, 6.45) is 2.10. The van der Waals surface area contributed by atoms with Crippen LogP contribution in [0.4, 0.5) is 0 Å². The number of hydrogen-bond acceptors (Lipinski definition) is 3. The number of ether oxygens (including phenoxy) is 1. The lowest BCUT2D eigenvalue weighted by Gasteiger charge is -2.34. The minimum absolute atomic E-state index is 0.195. The van der Waals surface area contributed by atoms with E-state index in [9.17, 15) is 0 Å². The summed E-state index contributed by atoms with van der Waals surface area (Å²) in [5, 5.41) is 11.9. The minimum atomic E-state index is 0.195. The molecule has 3 nitrogen and oxygen atoms in total. The SMILES string of the molecule is CC1(NCCO)CCOCC1. The fourth-order valence-electron chi connectivity index (χ4n) is 1.36. The molecule has 11 heavy (non-hydrogen) atoms. The van der Waals surface area contributed by atoms with Crippen molar-refractivity contribution in [2.75, 3.05) is 26.4 Å². The maximum Gasteiger partial charge on any atom is 0.0556 e. The minimum Gasteiger partial charge on any atom is -0.395 e. The third kappa shape index (κ3) is 2.77. The number of hydrogen-bond donors (Lipinski definition) is 2. The second-order valence-corrected chi connectivity index (χ2v) is 3.32. The Morgan fingerprint density at radius 3 is 2.64 bits per heavy atom. The molecule has 0 radical (unpaired) electrons. The molecule has 0 aromatic carbocycles. The molecule has 0 aliphatic carbocycles. The molecule has 0 aromatic heterocycles. The van der Waals surface area contributed by atoms with Gasteiger partial charge in [-0.1, -0.05) is 0 Å². The monoisotopic (exact) mass is 159 g/mol. The Bertz CT molecular complexity index is 111. The number of rotatable bonds is 3. The van der Waals surface area contributed by atoms with E-state index in [2.05, 4.69) is 12.2 Å². The van der Waals surface area contributed by atoms with E-state index < -0.39 is 0 Å². The van der Waals surface area contributed by atoms with Crippen LogP contribution in [0.2, 0.25) is 0 Å². The number of β-amino-alcohol motifs (C(OH)–C–C–N with tert-alkyl or cyclic N) is 1. The van der Waals surface area contributed by atoms with Gasteiger partial charge in [0.15, 0.2) is 0 Å². The normalized spacial score (nSPS) is 23.5. The van der Waals surface area contributed by atoms with Gasteiger partial charge in [0.1, 0.15) is 0 Å². The van der Waals surface area contributed by atoms with Crippen LogP contribution < -0.4 is 5.32 Å². The van der Waals surface area contributed by atoms with Crippen molar-refractivity contribution in [3.05, 3.63) is 0 Å². The highest BCUT2D eigenvalue weighted by molar-refractivity contribution is 4.84. The first-order valence-corrected chi connectivity index (χ1v) is 4.20. The molecule has 0 unspecified atom stereocenters. The predicted molar refractivity (Wildman–Crippen MR) is 43.5 cm³/mol. The summed E-state index contributed by atoms with van der Waals surface area (Å²) in [6, 6.07) is 0. The van der Waals surface area contributed by atoms with E-state index in [1.807, 2.05) is 0 Å². The standard InChI is InChI=1S/C8H17NO2/c1-8(9-4-5-10)2-6-11-7-3-8/h9-10H,2-7H2,1H3. The van der Waals surface area contributed by atoms with Crippen LogP contribution in [-0.2, 0) is 4.74 Å². The Hall–Kier alpha value is -0.120. The lowest BCUT2D eigenvalue weighted by Crippen LogP contribution is -2.47. The molecule has 1 fully saturated rings. The lowest BCUT2D eigenvalue weighted by atomic mass is 9.93. The second kappa shape index (κ2) is 4.04. The van der Waals surface area contributed by atoms with E-state index in [1.54, 1.807) is 0 Å². The molecule has 3 heteroatoms. The van der Waals surface area contributed by atoms with Crippen LogP contribution in [0.5, 0.6) is 0 Å². The average Bonchev–Trinajstić information content (AvgIpc) is 2.03. The smallest absolute Gasteiger partial charge is 0.0556 e. The van der Waals surface area contributed by atoms with Crippen molar-refractivity contribution in [2.24, 2.45) is 0 Å². The fourth-order valence-corrected chi connectivity index (χ4v) is 1.36. The Labute approximate surface area is 67.7 Å². The molecule has 0 amide bonds. The van der Waals surface area contributed by atoms with E-state index >= 15 is 0 Å². The second-order valence-electron chi connectivity index (χ2n) is 3.32. The molecule has 2 N–H and O–H groups in total. The zero-order valence-electron chi connectivity index (χ0n) is 7.10. The highest BCUT2D eigenvalue weighted by Gasteiger charge is 2.25. The molecular weight excluding hydrogens is 142 g/mol. The Morgan fingerprint density at radius 2 is 2.09 bits per heavy atom.